The van der Waals surface area contributed by atoms with Crippen LogP contribution in [0.25, 0.3) is 0 Å². The van der Waals surface area contributed by atoms with E-state index in [1.807, 2.05) is 37.3 Å². The smallest absolute Gasteiger partial charge is 0.344 e. The minimum Gasteiger partial charge on any atom is -0.493 e. The van der Waals surface area contributed by atoms with E-state index < -0.39 is 5.97 Å². The summed E-state index contributed by atoms with van der Waals surface area (Å²) >= 11 is 0. The first-order valence-electron chi connectivity index (χ1n) is 7.22. The molecule has 2 aromatic rings. The van der Waals surface area contributed by atoms with Gasteiger partial charge >= 0.3 is 5.97 Å². The molecule has 0 bridgehead atoms. The van der Waals surface area contributed by atoms with Crippen LogP contribution in [0, 0.1) is 11.3 Å². The first kappa shape index (κ1) is 16.4. The molecule has 0 aliphatic heterocycles. The Balaban J connectivity index is 1.82. The predicted molar refractivity (Wildman–Crippen MR) is 84.1 cm³/mol. The molecule has 0 saturated carbocycles. The average molecular weight is 311 g/mol. The second kappa shape index (κ2) is 8.44. The van der Waals surface area contributed by atoms with Gasteiger partial charge in [0, 0.05) is 5.56 Å². The van der Waals surface area contributed by atoms with Crippen LogP contribution in [0.5, 0.6) is 11.5 Å². The first-order valence-corrected chi connectivity index (χ1v) is 7.22. The molecule has 0 spiro atoms. The number of carbonyl (C=O) groups excluding carboxylic acids is 1. The van der Waals surface area contributed by atoms with E-state index in [2.05, 4.69) is 0 Å². The molecule has 0 fully saturated rings. The Morgan fingerprint density at radius 1 is 1.09 bits per heavy atom. The molecule has 23 heavy (non-hydrogen) atoms. The van der Waals surface area contributed by atoms with E-state index in [1.54, 1.807) is 24.3 Å². The minimum absolute atomic E-state index is 0.131. The van der Waals surface area contributed by atoms with Crippen molar-refractivity contribution in [2.75, 3.05) is 13.2 Å². The van der Waals surface area contributed by atoms with Crippen LogP contribution in [-0.2, 0) is 16.1 Å². The summed E-state index contributed by atoms with van der Waals surface area (Å²) in [6.07, 6.45) is 0. The Morgan fingerprint density at radius 2 is 1.83 bits per heavy atom. The Labute approximate surface area is 135 Å². The maximum absolute atomic E-state index is 11.7. The van der Waals surface area contributed by atoms with E-state index in [4.69, 9.17) is 19.5 Å². The third-order valence-electron chi connectivity index (χ3n) is 3.00. The van der Waals surface area contributed by atoms with E-state index in [0.717, 1.165) is 5.56 Å². The SMILES string of the molecule is CCOc1ccccc1COC(=O)COc1ccc(C#N)cc1. The quantitative estimate of drug-likeness (QED) is 0.735. The Bertz CT molecular complexity index is 689. The fourth-order valence-electron chi connectivity index (χ4n) is 1.89. The molecule has 5 heteroatoms. The molecule has 2 aromatic carbocycles. The van der Waals surface area contributed by atoms with Gasteiger partial charge in [0.25, 0.3) is 0 Å². The zero-order valence-corrected chi connectivity index (χ0v) is 12.8. The zero-order valence-electron chi connectivity index (χ0n) is 12.8. The molecule has 0 aromatic heterocycles. The van der Waals surface area contributed by atoms with E-state index in [1.165, 1.54) is 0 Å². The van der Waals surface area contributed by atoms with Crippen molar-refractivity contribution in [2.45, 2.75) is 13.5 Å². The number of hydrogen-bond donors (Lipinski definition) is 0. The van der Waals surface area contributed by atoms with Gasteiger partial charge in [0.15, 0.2) is 6.61 Å². The summed E-state index contributed by atoms with van der Waals surface area (Å²) in [6.45, 7) is 2.38. The molecule has 5 nitrogen and oxygen atoms in total. The summed E-state index contributed by atoms with van der Waals surface area (Å²) in [7, 11) is 0. The van der Waals surface area contributed by atoms with Crippen LogP contribution >= 0.6 is 0 Å². The van der Waals surface area contributed by atoms with Crippen LogP contribution in [0.3, 0.4) is 0 Å². The Morgan fingerprint density at radius 3 is 2.52 bits per heavy atom. The largest absolute Gasteiger partial charge is 0.493 e. The standard InChI is InChI=1S/C18H17NO4/c1-2-21-17-6-4-3-5-15(17)12-23-18(20)13-22-16-9-7-14(11-19)8-10-16/h3-10H,2,12-13H2,1H3. The van der Waals surface area contributed by atoms with Crippen molar-refractivity contribution in [3.05, 3.63) is 59.7 Å². The van der Waals surface area contributed by atoms with Gasteiger partial charge in [-0.25, -0.2) is 4.79 Å². The van der Waals surface area contributed by atoms with E-state index in [-0.39, 0.29) is 13.2 Å². The fraction of sp³-hybridized carbons (Fsp3) is 0.222. The van der Waals surface area contributed by atoms with Gasteiger partial charge < -0.3 is 14.2 Å². The molecular formula is C18H17NO4. The summed E-state index contributed by atoms with van der Waals surface area (Å²) in [4.78, 5) is 11.7. The maximum atomic E-state index is 11.7. The summed E-state index contributed by atoms with van der Waals surface area (Å²) in [5.74, 6) is 0.743. The van der Waals surface area contributed by atoms with Crippen molar-refractivity contribution >= 4 is 5.97 Å². The Kier molecular flexibility index (Phi) is 6.01. The molecule has 0 amide bonds. The van der Waals surface area contributed by atoms with E-state index in [9.17, 15) is 4.79 Å². The second-order valence-electron chi connectivity index (χ2n) is 4.63. The molecule has 0 saturated heterocycles. The molecule has 0 unspecified atom stereocenters. The maximum Gasteiger partial charge on any atom is 0.344 e. The van der Waals surface area contributed by atoms with Gasteiger partial charge in [-0.3, -0.25) is 0 Å². The number of hydrogen-bond acceptors (Lipinski definition) is 5. The van der Waals surface area contributed by atoms with Gasteiger partial charge in [-0.05, 0) is 37.3 Å². The molecule has 0 aliphatic carbocycles. The molecule has 0 N–H and O–H groups in total. The third-order valence-corrected chi connectivity index (χ3v) is 3.00. The number of benzene rings is 2. The summed E-state index contributed by atoms with van der Waals surface area (Å²) in [5.41, 5.74) is 1.34. The number of ether oxygens (including phenoxy) is 3. The first-order chi connectivity index (χ1) is 11.2. The molecule has 0 atom stereocenters. The average Bonchev–Trinajstić information content (AvgIpc) is 2.60. The van der Waals surface area contributed by atoms with Crippen molar-refractivity contribution in [1.82, 2.24) is 0 Å². The lowest BCUT2D eigenvalue weighted by atomic mass is 10.2. The second-order valence-corrected chi connectivity index (χ2v) is 4.63. The van der Waals surface area contributed by atoms with Crippen molar-refractivity contribution in [3.8, 4) is 17.6 Å². The number of para-hydroxylation sites is 1. The van der Waals surface area contributed by atoms with Crippen LogP contribution in [0.15, 0.2) is 48.5 Å². The van der Waals surface area contributed by atoms with Crippen molar-refractivity contribution in [2.24, 2.45) is 0 Å². The summed E-state index contributed by atoms with van der Waals surface area (Å²) in [6, 6.07) is 15.9. The Hall–Kier alpha value is -3.00. The van der Waals surface area contributed by atoms with Crippen LogP contribution in [0.2, 0.25) is 0 Å². The highest BCUT2D eigenvalue weighted by atomic mass is 16.6. The summed E-state index contributed by atoms with van der Waals surface area (Å²) in [5, 5.41) is 8.71. The molecule has 0 radical (unpaired) electrons. The van der Waals surface area contributed by atoms with Crippen LogP contribution in [-0.4, -0.2) is 19.2 Å². The highest BCUT2D eigenvalue weighted by Gasteiger charge is 2.08. The van der Waals surface area contributed by atoms with E-state index >= 15 is 0 Å². The van der Waals surface area contributed by atoms with Crippen molar-refractivity contribution in [3.63, 3.8) is 0 Å². The van der Waals surface area contributed by atoms with Gasteiger partial charge in [-0.2, -0.15) is 5.26 Å². The predicted octanol–water partition coefficient (Wildman–Crippen LogP) is 3.08. The van der Waals surface area contributed by atoms with Crippen molar-refractivity contribution in [1.29, 1.82) is 5.26 Å². The number of rotatable bonds is 7. The number of nitriles is 1. The highest BCUT2D eigenvalue weighted by Crippen LogP contribution is 2.19. The normalized spacial score (nSPS) is 9.74. The van der Waals surface area contributed by atoms with Gasteiger partial charge in [0.1, 0.15) is 18.1 Å². The van der Waals surface area contributed by atoms with Crippen LogP contribution in [0.1, 0.15) is 18.1 Å². The van der Waals surface area contributed by atoms with Gasteiger partial charge in [0.2, 0.25) is 0 Å². The summed E-state index contributed by atoms with van der Waals surface area (Å²) < 4.78 is 16.0. The van der Waals surface area contributed by atoms with Gasteiger partial charge in [-0.15, -0.1) is 0 Å². The molecule has 118 valence electrons. The zero-order chi connectivity index (χ0) is 16.5. The number of nitrogens with zero attached hydrogens (tertiary/aromatic N) is 1. The van der Waals surface area contributed by atoms with Gasteiger partial charge in [0.05, 0.1) is 18.2 Å². The van der Waals surface area contributed by atoms with Crippen molar-refractivity contribution < 1.29 is 19.0 Å². The molecule has 0 aliphatic rings. The molecule has 2 rings (SSSR count). The molecule has 0 heterocycles. The number of esters is 1. The van der Waals surface area contributed by atoms with Gasteiger partial charge in [-0.1, -0.05) is 18.2 Å². The highest BCUT2D eigenvalue weighted by molar-refractivity contribution is 5.71. The lowest BCUT2D eigenvalue weighted by Gasteiger charge is -2.11. The topological polar surface area (TPSA) is 68.6 Å². The lowest BCUT2D eigenvalue weighted by molar-refractivity contribution is -0.147. The number of carbonyl (C=O) groups is 1. The molecular weight excluding hydrogens is 294 g/mol. The van der Waals surface area contributed by atoms with Crippen LogP contribution < -0.4 is 9.47 Å². The lowest BCUT2D eigenvalue weighted by Crippen LogP contribution is -2.15. The van der Waals surface area contributed by atoms with E-state index in [0.29, 0.717) is 23.7 Å². The minimum atomic E-state index is -0.472. The fourth-order valence-corrected chi connectivity index (χ4v) is 1.89. The van der Waals surface area contributed by atoms with Crippen LogP contribution in [0.4, 0.5) is 0 Å². The monoisotopic (exact) mass is 311 g/mol. The third kappa shape index (κ3) is 5.04.